The minimum atomic E-state index is -0.371. The van der Waals surface area contributed by atoms with E-state index in [4.69, 9.17) is 16.3 Å². The van der Waals surface area contributed by atoms with E-state index in [9.17, 15) is 9.59 Å². The lowest BCUT2D eigenvalue weighted by atomic mass is 9.99. The Balaban J connectivity index is 4.17. The summed E-state index contributed by atoms with van der Waals surface area (Å²) >= 11 is 5.47. The van der Waals surface area contributed by atoms with Gasteiger partial charge in [-0.25, -0.2) is 0 Å². The number of hydrogen-bond donors (Lipinski definition) is 1. The third-order valence-corrected chi connectivity index (χ3v) is 3.06. The Hall–Kier alpha value is -0.610. The Kier molecular flexibility index (Phi) is 9.98. The molecule has 1 N–H and O–H groups in total. The summed E-state index contributed by atoms with van der Waals surface area (Å²) in [4.78, 5) is 22.5. The summed E-state index contributed by atoms with van der Waals surface area (Å²) in [6.45, 7) is 6.79. The summed E-state index contributed by atoms with van der Waals surface area (Å²) in [5.41, 5.74) is 0. The maximum Gasteiger partial charge on any atom is 0.306 e. The summed E-state index contributed by atoms with van der Waals surface area (Å²) < 4.78 is 4.94. The van der Waals surface area contributed by atoms with E-state index >= 15 is 0 Å². The fraction of sp³-hybridized carbons (Fsp3) is 0.846. The standard InChI is InChI=1S/C13H24ClNO3/c1-4-7-10(8-12(16)18-6-3)9-15-11(5-2)13(14)17/h10-11,15H,4-9H2,1-3H3/t10?,11-/m0/s1. The van der Waals surface area contributed by atoms with Crippen LogP contribution in [0, 0.1) is 5.92 Å². The molecule has 0 spiro atoms. The van der Waals surface area contributed by atoms with Gasteiger partial charge in [0.1, 0.15) is 0 Å². The van der Waals surface area contributed by atoms with Crippen molar-refractivity contribution in [3.8, 4) is 0 Å². The van der Waals surface area contributed by atoms with E-state index in [-0.39, 0.29) is 23.2 Å². The molecule has 0 saturated carbocycles. The molecule has 18 heavy (non-hydrogen) atoms. The highest BCUT2D eigenvalue weighted by molar-refractivity contribution is 6.64. The second-order valence-corrected chi connectivity index (χ2v) is 4.71. The van der Waals surface area contributed by atoms with Crippen molar-refractivity contribution in [2.45, 2.75) is 52.5 Å². The highest BCUT2D eigenvalue weighted by Crippen LogP contribution is 2.12. The molecule has 0 aliphatic carbocycles. The second kappa shape index (κ2) is 10.3. The molecule has 0 saturated heterocycles. The van der Waals surface area contributed by atoms with E-state index in [1.165, 1.54) is 0 Å². The van der Waals surface area contributed by atoms with Crippen LogP contribution in [0.5, 0.6) is 0 Å². The minimum absolute atomic E-state index is 0.178. The van der Waals surface area contributed by atoms with E-state index in [1.807, 2.05) is 6.92 Å². The molecule has 0 amide bonds. The molecule has 0 bridgehead atoms. The molecular formula is C13H24ClNO3. The molecule has 0 rings (SSSR count). The topological polar surface area (TPSA) is 55.4 Å². The van der Waals surface area contributed by atoms with Crippen LogP contribution in [0.15, 0.2) is 0 Å². The molecular weight excluding hydrogens is 254 g/mol. The van der Waals surface area contributed by atoms with Crippen LogP contribution in [-0.2, 0) is 14.3 Å². The van der Waals surface area contributed by atoms with E-state index in [1.54, 1.807) is 6.92 Å². The molecule has 0 fully saturated rings. The lowest BCUT2D eigenvalue weighted by molar-refractivity contribution is -0.144. The van der Waals surface area contributed by atoms with Crippen molar-refractivity contribution >= 4 is 22.8 Å². The molecule has 106 valence electrons. The summed E-state index contributed by atoms with van der Waals surface area (Å²) in [5, 5.41) is 2.74. The Labute approximate surface area is 114 Å². The van der Waals surface area contributed by atoms with Gasteiger partial charge in [0.2, 0.25) is 5.24 Å². The number of carbonyl (C=O) groups excluding carboxylic acids is 2. The molecule has 0 radical (unpaired) electrons. The molecule has 4 nitrogen and oxygen atoms in total. The first-order valence-electron chi connectivity index (χ1n) is 6.63. The van der Waals surface area contributed by atoms with E-state index in [0.29, 0.717) is 26.0 Å². The fourth-order valence-corrected chi connectivity index (χ4v) is 2.07. The van der Waals surface area contributed by atoms with Crippen LogP contribution in [-0.4, -0.2) is 30.4 Å². The monoisotopic (exact) mass is 277 g/mol. The van der Waals surface area contributed by atoms with Gasteiger partial charge < -0.3 is 10.1 Å². The molecule has 2 atom stereocenters. The zero-order chi connectivity index (χ0) is 14.0. The van der Waals surface area contributed by atoms with Crippen molar-refractivity contribution in [1.82, 2.24) is 5.32 Å². The van der Waals surface area contributed by atoms with Gasteiger partial charge in [-0.2, -0.15) is 0 Å². The lowest BCUT2D eigenvalue weighted by Gasteiger charge is -2.19. The molecule has 0 aromatic rings. The molecule has 0 aromatic heterocycles. The van der Waals surface area contributed by atoms with Crippen LogP contribution in [0.25, 0.3) is 0 Å². The van der Waals surface area contributed by atoms with Crippen LogP contribution in [0.2, 0.25) is 0 Å². The number of hydrogen-bond acceptors (Lipinski definition) is 4. The zero-order valence-corrected chi connectivity index (χ0v) is 12.3. The average Bonchev–Trinajstić information content (AvgIpc) is 2.29. The van der Waals surface area contributed by atoms with Crippen molar-refractivity contribution in [2.75, 3.05) is 13.2 Å². The van der Waals surface area contributed by atoms with E-state index in [2.05, 4.69) is 12.2 Å². The van der Waals surface area contributed by atoms with Crippen LogP contribution in [0.1, 0.15) is 46.5 Å². The predicted molar refractivity (Wildman–Crippen MR) is 72.6 cm³/mol. The molecule has 0 heterocycles. The van der Waals surface area contributed by atoms with Gasteiger partial charge >= 0.3 is 5.97 Å². The van der Waals surface area contributed by atoms with E-state index < -0.39 is 0 Å². The van der Waals surface area contributed by atoms with Crippen molar-refractivity contribution in [3.05, 3.63) is 0 Å². The van der Waals surface area contributed by atoms with Crippen molar-refractivity contribution in [2.24, 2.45) is 5.92 Å². The number of halogens is 1. The SMILES string of the molecule is CCCC(CN[C@@H](CC)C(=O)Cl)CC(=O)OCC. The van der Waals surface area contributed by atoms with Gasteiger partial charge in [0.05, 0.1) is 12.6 Å². The molecule has 0 aliphatic rings. The maximum atomic E-state index is 11.4. The maximum absolute atomic E-state index is 11.4. The van der Waals surface area contributed by atoms with Gasteiger partial charge in [-0.15, -0.1) is 0 Å². The quantitative estimate of drug-likeness (QED) is 0.492. The van der Waals surface area contributed by atoms with Gasteiger partial charge in [0, 0.05) is 6.42 Å². The number of esters is 1. The first-order valence-corrected chi connectivity index (χ1v) is 7.01. The summed E-state index contributed by atoms with van der Waals surface area (Å²) in [6, 6.07) is -0.326. The van der Waals surface area contributed by atoms with Crippen LogP contribution in [0.4, 0.5) is 0 Å². The predicted octanol–water partition coefficient (Wildman–Crippen LogP) is 2.49. The Morgan fingerprint density at radius 2 is 1.94 bits per heavy atom. The number of ether oxygens (including phenoxy) is 1. The van der Waals surface area contributed by atoms with Gasteiger partial charge in [-0.1, -0.05) is 20.3 Å². The van der Waals surface area contributed by atoms with Gasteiger partial charge in [-0.05, 0) is 43.8 Å². The van der Waals surface area contributed by atoms with Gasteiger partial charge in [0.15, 0.2) is 0 Å². The zero-order valence-electron chi connectivity index (χ0n) is 11.5. The normalized spacial score (nSPS) is 14.0. The highest BCUT2D eigenvalue weighted by atomic mass is 35.5. The first kappa shape index (κ1) is 17.4. The lowest BCUT2D eigenvalue weighted by Crippen LogP contribution is -2.37. The second-order valence-electron chi connectivity index (χ2n) is 4.34. The van der Waals surface area contributed by atoms with Crippen LogP contribution in [0.3, 0.4) is 0 Å². The van der Waals surface area contributed by atoms with E-state index in [0.717, 1.165) is 12.8 Å². The minimum Gasteiger partial charge on any atom is -0.466 e. The van der Waals surface area contributed by atoms with Crippen molar-refractivity contribution < 1.29 is 14.3 Å². The molecule has 0 aliphatic heterocycles. The van der Waals surface area contributed by atoms with Gasteiger partial charge in [-0.3, -0.25) is 9.59 Å². The smallest absolute Gasteiger partial charge is 0.306 e. The first-order chi connectivity index (χ1) is 8.54. The van der Waals surface area contributed by atoms with Crippen LogP contribution >= 0.6 is 11.6 Å². The summed E-state index contributed by atoms with van der Waals surface area (Å²) in [7, 11) is 0. The largest absolute Gasteiger partial charge is 0.466 e. The van der Waals surface area contributed by atoms with Gasteiger partial charge in [0.25, 0.3) is 0 Å². The number of carbonyl (C=O) groups is 2. The summed E-state index contributed by atoms with van der Waals surface area (Å²) in [6.07, 6.45) is 2.97. The van der Waals surface area contributed by atoms with Crippen molar-refractivity contribution in [1.29, 1.82) is 0 Å². The average molecular weight is 278 g/mol. The van der Waals surface area contributed by atoms with Crippen LogP contribution < -0.4 is 5.32 Å². The Morgan fingerprint density at radius 3 is 2.39 bits per heavy atom. The Bertz CT molecular complexity index is 259. The number of rotatable bonds is 10. The third-order valence-electron chi connectivity index (χ3n) is 2.79. The molecule has 5 heteroatoms. The summed E-state index contributed by atoms with van der Waals surface area (Å²) in [5.74, 6) is 0.0158. The highest BCUT2D eigenvalue weighted by Gasteiger charge is 2.18. The third kappa shape index (κ3) is 7.67. The van der Waals surface area contributed by atoms with Crippen molar-refractivity contribution in [3.63, 3.8) is 0 Å². The molecule has 0 aromatic carbocycles. The Morgan fingerprint density at radius 1 is 1.28 bits per heavy atom. The number of nitrogens with one attached hydrogen (secondary N) is 1. The molecule has 1 unspecified atom stereocenters. The fourth-order valence-electron chi connectivity index (χ4n) is 1.83.